The Balaban J connectivity index is 1.72. The number of thiocarbonyl (C=S) groups is 1. The van der Waals surface area contributed by atoms with Gasteiger partial charge in [-0.05, 0) is 67.2 Å². The van der Waals surface area contributed by atoms with E-state index in [1.165, 1.54) is 5.56 Å². The molecule has 3 heterocycles. The minimum Gasteiger partial charge on any atom is -0.497 e. The number of methoxy groups -OCH3 is 2. The molecule has 0 radical (unpaired) electrons. The normalized spacial score (nSPS) is 17.5. The van der Waals surface area contributed by atoms with Crippen molar-refractivity contribution in [3.8, 4) is 17.2 Å². The zero-order chi connectivity index (χ0) is 23.7. The minimum atomic E-state index is -0.182. The van der Waals surface area contributed by atoms with E-state index in [0.29, 0.717) is 10.9 Å². The van der Waals surface area contributed by atoms with Crippen LogP contribution in [0.15, 0.2) is 85.2 Å². The first-order chi connectivity index (χ1) is 16.6. The third kappa shape index (κ3) is 3.78. The minimum absolute atomic E-state index is 0.165. The van der Waals surface area contributed by atoms with Crippen molar-refractivity contribution in [2.24, 2.45) is 0 Å². The van der Waals surface area contributed by atoms with Gasteiger partial charge in [-0.2, -0.15) is 0 Å². The Morgan fingerprint density at radius 1 is 0.912 bits per heavy atom. The van der Waals surface area contributed by atoms with Crippen LogP contribution >= 0.6 is 12.2 Å². The van der Waals surface area contributed by atoms with E-state index in [1.807, 2.05) is 42.6 Å². The van der Waals surface area contributed by atoms with Crippen LogP contribution in [-0.2, 0) is 0 Å². The maximum Gasteiger partial charge on any atom is 0.174 e. The smallest absolute Gasteiger partial charge is 0.174 e. The molecule has 1 aliphatic heterocycles. The molecule has 172 valence electrons. The summed E-state index contributed by atoms with van der Waals surface area (Å²) in [6.45, 7) is 2.12. The van der Waals surface area contributed by atoms with Gasteiger partial charge in [-0.15, -0.1) is 0 Å². The van der Waals surface area contributed by atoms with Gasteiger partial charge in [0.2, 0.25) is 0 Å². The molecule has 4 aromatic rings. The lowest BCUT2D eigenvalue weighted by Crippen LogP contribution is -2.30. The quantitative estimate of drug-likeness (QED) is 0.382. The van der Waals surface area contributed by atoms with Crippen molar-refractivity contribution in [2.45, 2.75) is 19.0 Å². The van der Waals surface area contributed by atoms with Gasteiger partial charge < -0.3 is 24.3 Å². The second kappa shape index (κ2) is 9.19. The molecule has 1 fully saturated rings. The number of nitrogens with one attached hydrogen (secondary N) is 1. The zero-order valence-electron chi connectivity index (χ0n) is 19.3. The van der Waals surface area contributed by atoms with Gasteiger partial charge in [-0.1, -0.05) is 24.3 Å². The van der Waals surface area contributed by atoms with Crippen LogP contribution in [0.3, 0.4) is 0 Å². The number of nitrogens with zero attached hydrogens (tertiary/aromatic N) is 3. The van der Waals surface area contributed by atoms with Gasteiger partial charge in [0.1, 0.15) is 17.5 Å². The lowest BCUT2D eigenvalue weighted by Gasteiger charge is -2.30. The number of para-hydroxylation sites is 1. The maximum absolute atomic E-state index is 5.90. The van der Waals surface area contributed by atoms with E-state index in [9.17, 15) is 0 Å². The molecule has 2 atom stereocenters. The molecule has 0 amide bonds. The molecule has 5 rings (SSSR count). The highest BCUT2D eigenvalue weighted by Crippen LogP contribution is 2.46. The van der Waals surface area contributed by atoms with Gasteiger partial charge in [-0.3, -0.25) is 4.98 Å². The van der Waals surface area contributed by atoms with Crippen LogP contribution in [-0.4, -0.2) is 28.9 Å². The van der Waals surface area contributed by atoms with Crippen LogP contribution < -0.4 is 19.7 Å². The third-order valence-electron chi connectivity index (χ3n) is 6.20. The topological polar surface area (TPSA) is 51.6 Å². The monoisotopic (exact) mass is 470 g/mol. The number of rotatable bonds is 6. The summed E-state index contributed by atoms with van der Waals surface area (Å²) in [4.78, 5) is 6.78. The van der Waals surface area contributed by atoms with E-state index in [4.69, 9.17) is 21.7 Å². The molecule has 1 N–H and O–H groups in total. The first kappa shape index (κ1) is 22.0. The average molecular weight is 471 g/mol. The fourth-order valence-electron chi connectivity index (χ4n) is 4.59. The molecule has 2 aromatic carbocycles. The molecule has 34 heavy (non-hydrogen) atoms. The van der Waals surface area contributed by atoms with E-state index in [1.54, 1.807) is 14.2 Å². The molecule has 0 spiro atoms. The zero-order valence-corrected chi connectivity index (χ0v) is 20.1. The summed E-state index contributed by atoms with van der Waals surface area (Å²) in [5, 5.41) is 4.13. The predicted molar refractivity (Wildman–Crippen MR) is 138 cm³/mol. The summed E-state index contributed by atoms with van der Waals surface area (Å²) in [6.07, 6.45) is 3.90. The lowest BCUT2D eigenvalue weighted by atomic mass is 10.00. The van der Waals surface area contributed by atoms with Crippen LogP contribution in [0, 0.1) is 6.92 Å². The first-order valence-corrected chi connectivity index (χ1v) is 11.5. The van der Waals surface area contributed by atoms with Crippen molar-refractivity contribution in [1.82, 2.24) is 14.9 Å². The van der Waals surface area contributed by atoms with E-state index < -0.39 is 0 Å². The second-order valence-corrected chi connectivity index (χ2v) is 8.51. The van der Waals surface area contributed by atoms with E-state index in [2.05, 4.69) is 69.3 Å². The number of anilines is 1. The number of benzene rings is 2. The van der Waals surface area contributed by atoms with Crippen LogP contribution in [0.25, 0.3) is 5.69 Å². The van der Waals surface area contributed by atoms with Crippen molar-refractivity contribution in [3.05, 3.63) is 102 Å². The molecule has 0 aliphatic carbocycles. The lowest BCUT2D eigenvalue weighted by molar-refractivity contribution is 0.402. The van der Waals surface area contributed by atoms with Crippen LogP contribution in [0.5, 0.6) is 11.5 Å². The highest BCUT2D eigenvalue weighted by atomic mass is 32.1. The van der Waals surface area contributed by atoms with Crippen molar-refractivity contribution >= 4 is 23.0 Å². The summed E-state index contributed by atoms with van der Waals surface area (Å²) < 4.78 is 13.5. The Morgan fingerprint density at radius 2 is 1.74 bits per heavy atom. The van der Waals surface area contributed by atoms with Crippen molar-refractivity contribution in [3.63, 3.8) is 0 Å². The highest BCUT2D eigenvalue weighted by molar-refractivity contribution is 7.80. The average Bonchev–Trinajstić information content (AvgIpc) is 3.48. The molecule has 1 aliphatic rings. The summed E-state index contributed by atoms with van der Waals surface area (Å²) in [7, 11) is 3.32. The first-order valence-electron chi connectivity index (χ1n) is 11.1. The van der Waals surface area contributed by atoms with Gasteiger partial charge in [0.15, 0.2) is 5.11 Å². The van der Waals surface area contributed by atoms with E-state index >= 15 is 0 Å². The van der Waals surface area contributed by atoms with Gasteiger partial charge >= 0.3 is 0 Å². The molecule has 0 saturated carbocycles. The van der Waals surface area contributed by atoms with Crippen molar-refractivity contribution in [1.29, 1.82) is 0 Å². The molecule has 6 nitrogen and oxygen atoms in total. The number of hydrogen-bond donors (Lipinski definition) is 1. The Labute approximate surface area is 204 Å². The van der Waals surface area contributed by atoms with Gasteiger partial charge in [0, 0.05) is 29.8 Å². The molecular weight excluding hydrogens is 444 g/mol. The molecular formula is C27H26N4O2S. The molecule has 7 heteroatoms. The Kier molecular flexibility index (Phi) is 5.94. The molecule has 0 unspecified atom stereocenters. The Morgan fingerprint density at radius 3 is 2.47 bits per heavy atom. The highest BCUT2D eigenvalue weighted by Gasteiger charge is 2.43. The van der Waals surface area contributed by atoms with Crippen molar-refractivity contribution in [2.75, 3.05) is 19.1 Å². The number of ether oxygens (including phenoxy) is 2. The van der Waals surface area contributed by atoms with Crippen LogP contribution in [0.4, 0.5) is 5.69 Å². The summed E-state index contributed by atoms with van der Waals surface area (Å²) >= 11 is 5.90. The fourth-order valence-corrected chi connectivity index (χ4v) is 4.93. The van der Waals surface area contributed by atoms with Gasteiger partial charge in [-0.25, -0.2) is 0 Å². The number of aromatic nitrogens is 2. The maximum atomic E-state index is 5.90. The Hall–Kier alpha value is -3.84. The molecule has 2 aromatic heterocycles. The number of hydrogen-bond acceptors (Lipinski definition) is 4. The number of pyridine rings is 1. The van der Waals surface area contributed by atoms with Gasteiger partial charge in [0.05, 0.1) is 31.6 Å². The summed E-state index contributed by atoms with van der Waals surface area (Å²) in [5.41, 5.74) is 5.14. The van der Waals surface area contributed by atoms with Crippen molar-refractivity contribution < 1.29 is 9.47 Å². The van der Waals surface area contributed by atoms with E-state index in [-0.39, 0.29) is 12.1 Å². The third-order valence-corrected chi connectivity index (χ3v) is 6.52. The van der Waals surface area contributed by atoms with E-state index in [0.717, 1.165) is 28.5 Å². The number of aryl methyl sites for hydroxylation is 1. The fraction of sp³-hybridized carbons (Fsp3) is 0.185. The van der Waals surface area contributed by atoms with Crippen LogP contribution in [0.1, 0.15) is 29.0 Å². The molecule has 1 saturated heterocycles. The second-order valence-electron chi connectivity index (χ2n) is 8.12. The molecule has 0 bridgehead atoms. The standard InChI is InChI=1S/C27H26N4O2S/c1-18-9-4-5-11-21(18)30-16-8-12-22(30)26-25(20-10-6-7-15-28-20)29-27(34)31(26)23-17-19(32-2)13-14-24(23)33-3/h4-17,25-26H,1-3H3,(H,29,34)/t25-,26-/m1/s1. The largest absolute Gasteiger partial charge is 0.497 e. The SMILES string of the molecule is COc1ccc(OC)c(N2C(=S)N[C@H](c3ccccn3)[C@H]2c2cccn2-c2ccccc2C)c1. The Bertz CT molecular complexity index is 1320. The van der Waals surface area contributed by atoms with Gasteiger partial charge in [0.25, 0.3) is 0 Å². The summed E-state index contributed by atoms with van der Waals surface area (Å²) in [5.74, 6) is 1.44. The summed E-state index contributed by atoms with van der Waals surface area (Å²) in [6, 6.07) is 23.9. The predicted octanol–water partition coefficient (Wildman–Crippen LogP) is 5.38. The van der Waals surface area contributed by atoms with Crippen LogP contribution in [0.2, 0.25) is 0 Å².